The predicted octanol–water partition coefficient (Wildman–Crippen LogP) is 5.21. The zero-order chi connectivity index (χ0) is 21.7. The summed E-state index contributed by atoms with van der Waals surface area (Å²) in [4.78, 5) is 12.3. The minimum atomic E-state index is -3.90. The van der Waals surface area contributed by atoms with Gasteiger partial charge in [0.05, 0.1) is 16.1 Å². The second-order valence-corrected chi connectivity index (χ2v) is 8.97. The average molecular weight is 483 g/mol. The van der Waals surface area contributed by atoms with Crippen molar-refractivity contribution in [2.45, 2.75) is 4.90 Å². The largest absolute Gasteiger partial charge is 0.280 e. The molecule has 0 bridgehead atoms. The lowest BCUT2D eigenvalue weighted by Gasteiger charge is -2.09. The van der Waals surface area contributed by atoms with E-state index in [1.165, 1.54) is 42.6 Å². The number of amides is 1. The standard InChI is InChI=1S/C20H14Cl3N3O3S/c21-15-6-8-17(9-7-15)26-30(28,29)18-3-1-2-13(10-18)20(27)25-24-12-14-4-5-16(22)11-19(14)23/h1-12,26H,(H,25,27)/b24-12+. The summed E-state index contributed by atoms with van der Waals surface area (Å²) in [6.07, 6.45) is 1.36. The van der Waals surface area contributed by atoms with Gasteiger partial charge in [0.2, 0.25) is 0 Å². The number of nitrogens with one attached hydrogen (secondary N) is 2. The summed E-state index contributed by atoms with van der Waals surface area (Å²) in [5, 5.41) is 5.18. The van der Waals surface area contributed by atoms with Crippen LogP contribution in [0, 0.1) is 0 Å². The molecule has 30 heavy (non-hydrogen) atoms. The number of anilines is 1. The molecular formula is C20H14Cl3N3O3S. The van der Waals surface area contributed by atoms with E-state index in [0.717, 1.165) is 0 Å². The zero-order valence-electron chi connectivity index (χ0n) is 15.1. The number of benzene rings is 3. The van der Waals surface area contributed by atoms with Gasteiger partial charge in [-0.1, -0.05) is 46.9 Å². The molecule has 1 amide bonds. The molecule has 0 aliphatic heterocycles. The molecule has 0 saturated carbocycles. The van der Waals surface area contributed by atoms with Gasteiger partial charge < -0.3 is 0 Å². The zero-order valence-corrected chi connectivity index (χ0v) is 18.2. The fourth-order valence-electron chi connectivity index (χ4n) is 2.37. The molecule has 0 spiro atoms. The van der Waals surface area contributed by atoms with Gasteiger partial charge in [-0.05, 0) is 54.6 Å². The van der Waals surface area contributed by atoms with Crippen LogP contribution in [0.25, 0.3) is 0 Å². The van der Waals surface area contributed by atoms with Crippen molar-refractivity contribution in [2.24, 2.45) is 5.10 Å². The Morgan fingerprint density at radius 2 is 1.60 bits per heavy atom. The highest BCUT2D eigenvalue weighted by Crippen LogP contribution is 2.20. The van der Waals surface area contributed by atoms with E-state index in [4.69, 9.17) is 34.8 Å². The number of hydrogen-bond acceptors (Lipinski definition) is 4. The molecule has 154 valence electrons. The summed E-state index contributed by atoms with van der Waals surface area (Å²) >= 11 is 17.7. The SMILES string of the molecule is O=C(N/N=C/c1ccc(Cl)cc1Cl)c1cccc(S(=O)(=O)Nc2ccc(Cl)cc2)c1. The Bertz CT molecular complexity index is 1210. The van der Waals surface area contributed by atoms with Crippen LogP contribution in [0.15, 0.2) is 76.7 Å². The first-order valence-corrected chi connectivity index (χ1v) is 11.0. The summed E-state index contributed by atoms with van der Waals surface area (Å²) in [7, 11) is -3.90. The van der Waals surface area contributed by atoms with Crippen LogP contribution in [0.2, 0.25) is 15.1 Å². The van der Waals surface area contributed by atoms with Gasteiger partial charge in [-0.15, -0.1) is 0 Å². The van der Waals surface area contributed by atoms with Crippen LogP contribution in [-0.4, -0.2) is 20.5 Å². The molecule has 0 aliphatic rings. The van der Waals surface area contributed by atoms with Crippen molar-refractivity contribution >= 4 is 62.6 Å². The van der Waals surface area contributed by atoms with Gasteiger partial charge in [0, 0.05) is 26.9 Å². The number of carbonyl (C=O) groups is 1. The lowest BCUT2D eigenvalue weighted by molar-refractivity contribution is 0.0955. The Hall–Kier alpha value is -2.58. The first-order valence-electron chi connectivity index (χ1n) is 8.41. The van der Waals surface area contributed by atoms with Crippen LogP contribution in [0.1, 0.15) is 15.9 Å². The first kappa shape index (κ1) is 22.1. The number of sulfonamides is 1. The highest BCUT2D eigenvalue weighted by Gasteiger charge is 2.16. The molecule has 10 heteroatoms. The highest BCUT2D eigenvalue weighted by molar-refractivity contribution is 7.92. The lowest BCUT2D eigenvalue weighted by Crippen LogP contribution is -2.19. The van der Waals surface area contributed by atoms with Gasteiger partial charge in [-0.3, -0.25) is 9.52 Å². The fourth-order valence-corrected chi connectivity index (χ4v) is 4.06. The number of halogens is 3. The van der Waals surface area contributed by atoms with E-state index >= 15 is 0 Å². The number of nitrogens with zero attached hydrogens (tertiary/aromatic N) is 1. The molecule has 0 aromatic heterocycles. The Morgan fingerprint density at radius 1 is 0.900 bits per heavy atom. The molecule has 0 heterocycles. The Morgan fingerprint density at radius 3 is 2.30 bits per heavy atom. The van der Waals surface area contributed by atoms with Crippen molar-refractivity contribution in [2.75, 3.05) is 4.72 Å². The van der Waals surface area contributed by atoms with Crippen molar-refractivity contribution in [3.8, 4) is 0 Å². The maximum Gasteiger partial charge on any atom is 0.271 e. The molecule has 0 radical (unpaired) electrons. The molecule has 3 aromatic carbocycles. The molecule has 0 atom stereocenters. The van der Waals surface area contributed by atoms with Gasteiger partial charge in [0.15, 0.2) is 0 Å². The van der Waals surface area contributed by atoms with Crippen LogP contribution in [0.4, 0.5) is 5.69 Å². The Balaban J connectivity index is 1.73. The number of carbonyl (C=O) groups excluding carboxylic acids is 1. The molecule has 3 aromatic rings. The normalized spacial score (nSPS) is 11.4. The maximum absolute atomic E-state index is 12.6. The molecular weight excluding hydrogens is 469 g/mol. The molecule has 0 unspecified atom stereocenters. The quantitative estimate of drug-likeness (QED) is 0.373. The van der Waals surface area contributed by atoms with E-state index in [9.17, 15) is 13.2 Å². The minimum Gasteiger partial charge on any atom is -0.280 e. The van der Waals surface area contributed by atoms with Gasteiger partial charge in [0.25, 0.3) is 15.9 Å². The van der Waals surface area contributed by atoms with E-state index in [1.54, 1.807) is 30.3 Å². The minimum absolute atomic E-state index is 0.0742. The van der Waals surface area contributed by atoms with Crippen molar-refractivity contribution in [1.29, 1.82) is 0 Å². The summed E-state index contributed by atoms with van der Waals surface area (Å²) in [5.74, 6) is -0.583. The van der Waals surface area contributed by atoms with Crippen LogP contribution in [-0.2, 0) is 10.0 Å². The van der Waals surface area contributed by atoms with E-state index in [-0.39, 0.29) is 10.5 Å². The van der Waals surface area contributed by atoms with Crippen molar-refractivity contribution in [3.63, 3.8) is 0 Å². The first-order chi connectivity index (χ1) is 14.2. The molecule has 6 nitrogen and oxygen atoms in total. The van der Waals surface area contributed by atoms with Crippen LogP contribution in [0.5, 0.6) is 0 Å². The third kappa shape index (κ3) is 5.73. The number of rotatable bonds is 6. The maximum atomic E-state index is 12.6. The van der Waals surface area contributed by atoms with Gasteiger partial charge in [-0.25, -0.2) is 13.8 Å². The van der Waals surface area contributed by atoms with Gasteiger partial charge in [0.1, 0.15) is 0 Å². The van der Waals surface area contributed by atoms with Crippen molar-refractivity contribution in [3.05, 3.63) is 92.9 Å². The van der Waals surface area contributed by atoms with Crippen molar-refractivity contribution in [1.82, 2.24) is 5.43 Å². The molecule has 3 rings (SSSR count). The molecule has 0 aliphatic carbocycles. The molecule has 2 N–H and O–H groups in total. The molecule has 0 fully saturated rings. The summed E-state index contributed by atoms with van der Waals surface area (Å²) < 4.78 is 27.6. The van der Waals surface area contributed by atoms with Crippen molar-refractivity contribution < 1.29 is 13.2 Å². The lowest BCUT2D eigenvalue weighted by atomic mass is 10.2. The Kier molecular flexibility index (Phi) is 6.99. The van der Waals surface area contributed by atoms with Crippen LogP contribution < -0.4 is 10.1 Å². The summed E-state index contributed by atoms with van der Waals surface area (Å²) in [6.45, 7) is 0. The second-order valence-electron chi connectivity index (χ2n) is 6.01. The van der Waals surface area contributed by atoms with Crippen LogP contribution in [0.3, 0.4) is 0 Å². The third-order valence-corrected chi connectivity index (χ3v) is 6.03. The fraction of sp³-hybridized carbons (Fsp3) is 0. The monoisotopic (exact) mass is 481 g/mol. The Labute approximate surface area is 188 Å². The number of hydrogen-bond donors (Lipinski definition) is 2. The van der Waals surface area contributed by atoms with E-state index in [2.05, 4.69) is 15.2 Å². The number of hydrazone groups is 1. The second kappa shape index (κ2) is 9.49. The molecule has 0 saturated heterocycles. The predicted molar refractivity (Wildman–Crippen MR) is 120 cm³/mol. The van der Waals surface area contributed by atoms with E-state index < -0.39 is 15.9 Å². The smallest absolute Gasteiger partial charge is 0.271 e. The van der Waals surface area contributed by atoms with Gasteiger partial charge in [-0.2, -0.15) is 5.10 Å². The average Bonchev–Trinajstić information content (AvgIpc) is 2.71. The topological polar surface area (TPSA) is 87.6 Å². The summed E-state index contributed by atoms with van der Waals surface area (Å²) in [5.41, 5.74) is 3.36. The summed E-state index contributed by atoms with van der Waals surface area (Å²) in [6, 6.07) is 16.6. The van der Waals surface area contributed by atoms with Gasteiger partial charge >= 0.3 is 0 Å². The van der Waals surface area contributed by atoms with E-state index in [1.807, 2.05) is 0 Å². The third-order valence-electron chi connectivity index (χ3n) is 3.84. The van der Waals surface area contributed by atoms with Crippen LogP contribution >= 0.6 is 34.8 Å². The van der Waals surface area contributed by atoms with E-state index in [0.29, 0.717) is 26.3 Å². The highest BCUT2D eigenvalue weighted by atomic mass is 35.5.